The predicted molar refractivity (Wildman–Crippen MR) is 94.5 cm³/mol. The first-order valence-electron chi connectivity index (χ1n) is 7.84. The largest absolute Gasteiger partial charge is 0.378 e. The number of carbonyl (C=O) groups is 1. The number of nitrogens with one attached hydrogen (secondary N) is 2. The van der Waals surface area contributed by atoms with E-state index in [-0.39, 0.29) is 18.1 Å². The van der Waals surface area contributed by atoms with Gasteiger partial charge in [-0.1, -0.05) is 24.3 Å². The van der Waals surface area contributed by atoms with Crippen LogP contribution in [0.2, 0.25) is 0 Å². The van der Waals surface area contributed by atoms with Crippen molar-refractivity contribution < 1.29 is 9.18 Å². The van der Waals surface area contributed by atoms with Gasteiger partial charge in [-0.25, -0.2) is 9.37 Å². The standard InChI is InChI=1S/C19H17FN4O/c20-17-7-2-1-5-14(17)11-19(25)24-18-9-8-16(13-23-18)22-12-15-6-3-4-10-21-15/h1-10,13,22H,11-12H2,(H,23,24,25). The number of hydrogen-bond acceptors (Lipinski definition) is 4. The summed E-state index contributed by atoms with van der Waals surface area (Å²) >= 11 is 0. The number of amides is 1. The summed E-state index contributed by atoms with van der Waals surface area (Å²) in [5.41, 5.74) is 2.09. The van der Waals surface area contributed by atoms with E-state index < -0.39 is 0 Å². The molecule has 0 unspecified atom stereocenters. The van der Waals surface area contributed by atoms with Crippen molar-refractivity contribution in [1.82, 2.24) is 9.97 Å². The molecule has 0 aliphatic carbocycles. The molecule has 2 N–H and O–H groups in total. The van der Waals surface area contributed by atoms with E-state index in [0.29, 0.717) is 17.9 Å². The van der Waals surface area contributed by atoms with Crippen LogP contribution in [0.15, 0.2) is 67.0 Å². The number of benzene rings is 1. The van der Waals surface area contributed by atoms with Crippen LogP contribution in [0.1, 0.15) is 11.3 Å². The molecule has 126 valence electrons. The quantitative estimate of drug-likeness (QED) is 0.724. The summed E-state index contributed by atoms with van der Waals surface area (Å²) in [6.07, 6.45) is 3.33. The van der Waals surface area contributed by atoms with Crippen molar-refractivity contribution in [3.05, 3.63) is 84.1 Å². The highest BCUT2D eigenvalue weighted by Crippen LogP contribution is 2.12. The molecule has 2 heterocycles. The van der Waals surface area contributed by atoms with E-state index in [9.17, 15) is 9.18 Å². The third kappa shape index (κ3) is 4.84. The van der Waals surface area contributed by atoms with Crippen LogP contribution in [0.4, 0.5) is 15.9 Å². The molecular weight excluding hydrogens is 319 g/mol. The number of nitrogens with zero attached hydrogens (tertiary/aromatic N) is 2. The van der Waals surface area contributed by atoms with Crippen molar-refractivity contribution in [2.75, 3.05) is 10.6 Å². The molecule has 1 aromatic carbocycles. The van der Waals surface area contributed by atoms with Crippen LogP contribution in [0.25, 0.3) is 0 Å². The molecule has 25 heavy (non-hydrogen) atoms. The second-order valence-electron chi connectivity index (χ2n) is 5.42. The second kappa shape index (κ2) is 8.01. The summed E-state index contributed by atoms with van der Waals surface area (Å²) in [5, 5.41) is 5.86. The van der Waals surface area contributed by atoms with Crippen LogP contribution in [-0.2, 0) is 17.8 Å². The van der Waals surface area contributed by atoms with Crippen LogP contribution >= 0.6 is 0 Å². The Labute approximate surface area is 145 Å². The maximum Gasteiger partial charge on any atom is 0.230 e. The molecule has 0 aliphatic heterocycles. The zero-order valence-electron chi connectivity index (χ0n) is 13.4. The lowest BCUT2D eigenvalue weighted by Crippen LogP contribution is -2.16. The number of pyridine rings is 2. The monoisotopic (exact) mass is 336 g/mol. The Morgan fingerprint density at radius 1 is 1.00 bits per heavy atom. The average Bonchev–Trinajstić information content (AvgIpc) is 2.64. The van der Waals surface area contributed by atoms with Crippen LogP contribution < -0.4 is 10.6 Å². The van der Waals surface area contributed by atoms with Gasteiger partial charge in [0, 0.05) is 6.20 Å². The number of anilines is 2. The van der Waals surface area contributed by atoms with E-state index >= 15 is 0 Å². The molecule has 6 heteroatoms. The highest BCUT2D eigenvalue weighted by molar-refractivity contribution is 5.91. The highest BCUT2D eigenvalue weighted by atomic mass is 19.1. The molecule has 1 amide bonds. The van der Waals surface area contributed by atoms with Crippen molar-refractivity contribution in [3.8, 4) is 0 Å². The lowest BCUT2D eigenvalue weighted by molar-refractivity contribution is -0.115. The Balaban J connectivity index is 1.53. The molecule has 0 radical (unpaired) electrons. The smallest absolute Gasteiger partial charge is 0.230 e. The third-order valence-corrected chi connectivity index (χ3v) is 3.54. The molecule has 0 saturated carbocycles. The Kier molecular flexibility index (Phi) is 5.31. The summed E-state index contributed by atoms with van der Waals surface area (Å²) in [5.74, 6) is -0.281. The van der Waals surface area contributed by atoms with Gasteiger partial charge in [-0.2, -0.15) is 0 Å². The van der Waals surface area contributed by atoms with E-state index in [0.717, 1.165) is 11.4 Å². The van der Waals surface area contributed by atoms with Crippen LogP contribution in [0, 0.1) is 5.82 Å². The third-order valence-electron chi connectivity index (χ3n) is 3.54. The molecule has 0 saturated heterocycles. The minimum absolute atomic E-state index is 0.0337. The molecule has 0 atom stereocenters. The number of halogens is 1. The van der Waals surface area contributed by atoms with Crippen LogP contribution in [0.3, 0.4) is 0 Å². The molecule has 3 aromatic rings. The number of hydrogen-bond donors (Lipinski definition) is 2. The molecule has 0 bridgehead atoms. The van der Waals surface area contributed by atoms with Crippen molar-refractivity contribution >= 4 is 17.4 Å². The average molecular weight is 336 g/mol. The van der Waals surface area contributed by atoms with Crippen molar-refractivity contribution in [1.29, 1.82) is 0 Å². The first-order chi connectivity index (χ1) is 12.2. The fourth-order valence-electron chi connectivity index (χ4n) is 2.27. The minimum Gasteiger partial charge on any atom is -0.378 e. The lowest BCUT2D eigenvalue weighted by Gasteiger charge is -2.08. The molecular formula is C19H17FN4O. The van der Waals surface area contributed by atoms with Crippen molar-refractivity contribution in [2.24, 2.45) is 0 Å². The van der Waals surface area contributed by atoms with Crippen LogP contribution in [0.5, 0.6) is 0 Å². The topological polar surface area (TPSA) is 66.9 Å². The maximum absolute atomic E-state index is 13.6. The summed E-state index contributed by atoms with van der Waals surface area (Å²) in [4.78, 5) is 20.4. The molecule has 0 aliphatic rings. The maximum atomic E-state index is 13.6. The van der Waals surface area contributed by atoms with Gasteiger partial charge < -0.3 is 10.6 Å². The molecule has 0 spiro atoms. The number of aromatic nitrogens is 2. The van der Waals surface area contributed by atoms with Gasteiger partial charge in [-0.15, -0.1) is 0 Å². The first kappa shape index (κ1) is 16.6. The SMILES string of the molecule is O=C(Cc1ccccc1F)Nc1ccc(NCc2ccccn2)cn1. The Hall–Kier alpha value is -3.28. The van der Waals surface area contributed by atoms with Gasteiger partial charge in [-0.05, 0) is 35.9 Å². The van der Waals surface area contributed by atoms with Crippen LogP contribution in [-0.4, -0.2) is 15.9 Å². The highest BCUT2D eigenvalue weighted by Gasteiger charge is 2.08. The van der Waals surface area contributed by atoms with Gasteiger partial charge in [0.25, 0.3) is 0 Å². The normalized spacial score (nSPS) is 10.3. The van der Waals surface area contributed by atoms with Crippen molar-refractivity contribution in [2.45, 2.75) is 13.0 Å². The lowest BCUT2D eigenvalue weighted by atomic mass is 10.1. The zero-order valence-corrected chi connectivity index (χ0v) is 13.4. The number of carbonyl (C=O) groups excluding carboxylic acids is 1. The summed E-state index contributed by atoms with van der Waals surface area (Å²) in [6.45, 7) is 0.585. The predicted octanol–water partition coefficient (Wildman–Crippen LogP) is 3.41. The summed E-state index contributed by atoms with van der Waals surface area (Å²) < 4.78 is 13.6. The zero-order chi connectivity index (χ0) is 17.5. The molecule has 5 nitrogen and oxygen atoms in total. The van der Waals surface area contributed by atoms with E-state index in [1.165, 1.54) is 6.07 Å². The summed E-state index contributed by atoms with van der Waals surface area (Å²) in [6, 6.07) is 15.4. The Morgan fingerprint density at radius 3 is 2.56 bits per heavy atom. The van der Waals surface area contributed by atoms with E-state index in [1.54, 1.807) is 36.7 Å². The molecule has 0 fully saturated rings. The van der Waals surface area contributed by atoms with Gasteiger partial charge in [0.1, 0.15) is 11.6 Å². The first-order valence-corrected chi connectivity index (χ1v) is 7.84. The van der Waals surface area contributed by atoms with Gasteiger partial charge in [0.15, 0.2) is 0 Å². The number of rotatable bonds is 6. The van der Waals surface area contributed by atoms with Gasteiger partial charge in [-0.3, -0.25) is 9.78 Å². The molecule has 2 aromatic heterocycles. The minimum atomic E-state index is -0.389. The Morgan fingerprint density at radius 2 is 1.84 bits per heavy atom. The fourth-order valence-corrected chi connectivity index (χ4v) is 2.27. The van der Waals surface area contributed by atoms with Gasteiger partial charge in [0.05, 0.1) is 30.5 Å². The van der Waals surface area contributed by atoms with E-state index in [2.05, 4.69) is 20.6 Å². The Bertz CT molecular complexity index is 838. The fraction of sp³-hybridized carbons (Fsp3) is 0.105. The van der Waals surface area contributed by atoms with Crippen molar-refractivity contribution in [3.63, 3.8) is 0 Å². The summed E-state index contributed by atoms with van der Waals surface area (Å²) in [7, 11) is 0. The van der Waals surface area contributed by atoms with E-state index in [4.69, 9.17) is 0 Å². The molecule has 3 rings (SSSR count). The van der Waals surface area contributed by atoms with E-state index in [1.807, 2.05) is 24.3 Å². The van der Waals surface area contributed by atoms with Gasteiger partial charge >= 0.3 is 0 Å². The van der Waals surface area contributed by atoms with Gasteiger partial charge in [0.2, 0.25) is 5.91 Å². The second-order valence-corrected chi connectivity index (χ2v) is 5.42.